The van der Waals surface area contributed by atoms with Crippen molar-refractivity contribution in [3.8, 4) is 0 Å². The SMILES string of the molecule is Cc1cc(C)c(C(N)=NO)c(N(C)C2CCSC2)n1. The minimum atomic E-state index is 0.123. The van der Waals surface area contributed by atoms with Crippen LogP contribution in [0.3, 0.4) is 0 Å². The lowest BCUT2D eigenvalue weighted by Crippen LogP contribution is -2.34. The molecule has 1 aromatic heterocycles. The van der Waals surface area contributed by atoms with Crippen LogP contribution >= 0.6 is 11.8 Å². The molecule has 5 nitrogen and oxygen atoms in total. The fourth-order valence-corrected chi connectivity index (χ4v) is 3.71. The number of pyridine rings is 1. The Bertz CT molecular complexity index is 498. The molecule has 0 amide bonds. The van der Waals surface area contributed by atoms with Crippen molar-refractivity contribution in [2.24, 2.45) is 10.9 Å². The topological polar surface area (TPSA) is 74.7 Å². The predicted octanol–water partition coefficient (Wildman–Crippen LogP) is 1.73. The summed E-state index contributed by atoms with van der Waals surface area (Å²) in [6.07, 6.45) is 1.14. The van der Waals surface area contributed by atoms with Gasteiger partial charge >= 0.3 is 0 Å². The fourth-order valence-electron chi connectivity index (χ4n) is 2.44. The van der Waals surface area contributed by atoms with E-state index < -0.39 is 0 Å². The maximum atomic E-state index is 8.97. The monoisotopic (exact) mass is 280 g/mol. The van der Waals surface area contributed by atoms with Crippen molar-refractivity contribution in [2.45, 2.75) is 26.3 Å². The first kappa shape index (κ1) is 14.0. The molecule has 1 saturated heterocycles. The minimum absolute atomic E-state index is 0.123. The summed E-state index contributed by atoms with van der Waals surface area (Å²) in [7, 11) is 2.03. The highest BCUT2D eigenvalue weighted by atomic mass is 32.2. The van der Waals surface area contributed by atoms with Crippen LogP contribution in [0.25, 0.3) is 0 Å². The lowest BCUT2D eigenvalue weighted by molar-refractivity contribution is 0.318. The maximum absolute atomic E-state index is 8.97. The molecule has 1 unspecified atom stereocenters. The molecule has 0 radical (unpaired) electrons. The summed E-state index contributed by atoms with van der Waals surface area (Å²) in [5.41, 5.74) is 8.47. The van der Waals surface area contributed by atoms with E-state index in [2.05, 4.69) is 15.0 Å². The second kappa shape index (κ2) is 5.69. The normalized spacial score (nSPS) is 19.7. The zero-order chi connectivity index (χ0) is 14.0. The van der Waals surface area contributed by atoms with Crippen molar-refractivity contribution < 1.29 is 5.21 Å². The van der Waals surface area contributed by atoms with E-state index in [1.54, 1.807) is 0 Å². The zero-order valence-electron chi connectivity index (χ0n) is 11.6. The van der Waals surface area contributed by atoms with E-state index in [9.17, 15) is 0 Å². The van der Waals surface area contributed by atoms with Crippen LogP contribution in [0.5, 0.6) is 0 Å². The van der Waals surface area contributed by atoms with Crippen LogP contribution in [0.2, 0.25) is 0 Å². The molecule has 1 aliphatic heterocycles. The molecule has 0 saturated carbocycles. The number of hydrogen-bond acceptors (Lipinski definition) is 5. The van der Waals surface area contributed by atoms with E-state index in [0.29, 0.717) is 6.04 Å². The van der Waals surface area contributed by atoms with Crippen LogP contribution in [0.15, 0.2) is 11.2 Å². The van der Waals surface area contributed by atoms with Gasteiger partial charge in [-0.05, 0) is 37.7 Å². The summed E-state index contributed by atoms with van der Waals surface area (Å²) >= 11 is 1.95. The van der Waals surface area contributed by atoms with Crippen molar-refractivity contribution in [1.29, 1.82) is 0 Å². The largest absolute Gasteiger partial charge is 0.409 e. The number of rotatable bonds is 3. The summed E-state index contributed by atoms with van der Waals surface area (Å²) in [4.78, 5) is 6.75. The molecule has 19 heavy (non-hydrogen) atoms. The average Bonchev–Trinajstić information content (AvgIpc) is 2.90. The number of oxime groups is 1. The van der Waals surface area contributed by atoms with Crippen LogP contribution in [0.1, 0.15) is 23.2 Å². The van der Waals surface area contributed by atoms with Gasteiger partial charge < -0.3 is 15.8 Å². The first-order valence-electron chi connectivity index (χ1n) is 6.31. The first-order valence-corrected chi connectivity index (χ1v) is 7.46. The molecule has 1 aliphatic rings. The van der Waals surface area contributed by atoms with Gasteiger partial charge in [0.25, 0.3) is 0 Å². The Balaban J connectivity index is 2.47. The van der Waals surface area contributed by atoms with E-state index >= 15 is 0 Å². The van der Waals surface area contributed by atoms with E-state index in [1.807, 2.05) is 38.7 Å². The van der Waals surface area contributed by atoms with Crippen molar-refractivity contribution in [2.75, 3.05) is 23.5 Å². The molecule has 1 aromatic rings. The number of thioether (sulfide) groups is 1. The van der Waals surface area contributed by atoms with Crippen LogP contribution in [-0.4, -0.2) is 40.6 Å². The molecule has 1 atom stereocenters. The van der Waals surface area contributed by atoms with Crippen LogP contribution < -0.4 is 10.6 Å². The number of aryl methyl sites for hydroxylation is 2. The molecule has 0 bridgehead atoms. The maximum Gasteiger partial charge on any atom is 0.174 e. The Morgan fingerprint density at radius 2 is 2.32 bits per heavy atom. The molecule has 2 rings (SSSR count). The summed E-state index contributed by atoms with van der Waals surface area (Å²) in [6, 6.07) is 2.41. The zero-order valence-corrected chi connectivity index (χ0v) is 12.4. The van der Waals surface area contributed by atoms with E-state index in [-0.39, 0.29) is 5.84 Å². The molecule has 3 N–H and O–H groups in total. The fraction of sp³-hybridized carbons (Fsp3) is 0.538. The Morgan fingerprint density at radius 3 is 2.89 bits per heavy atom. The molecular weight excluding hydrogens is 260 g/mol. The van der Waals surface area contributed by atoms with Gasteiger partial charge in [0.2, 0.25) is 0 Å². The number of nitrogens with zero attached hydrogens (tertiary/aromatic N) is 3. The van der Waals surface area contributed by atoms with Gasteiger partial charge in [0.1, 0.15) is 5.82 Å². The summed E-state index contributed by atoms with van der Waals surface area (Å²) < 4.78 is 0. The third kappa shape index (κ3) is 2.78. The summed E-state index contributed by atoms with van der Waals surface area (Å²) in [5.74, 6) is 3.21. The van der Waals surface area contributed by atoms with Gasteiger partial charge in [0, 0.05) is 24.5 Å². The lowest BCUT2D eigenvalue weighted by Gasteiger charge is -2.27. The summed E-state index contributed by atoms with van der Waals surface area (Å²) in [5, 5.41) is 12.1. The first-order chi connectivity index (χ1) is 9.04. The van der Waals surface area contributed by atoms with Gasteiger partial charge in [-0.1, -0.05) is 5.16 Å². The highest BCUT2D eigenvalue weighted by Crippen LogP contribution is 2.28. The van der Waals surface area contributed by atoms with Gasteiger partial charge in [-0.25, -0.2) is 4.98 Å². The van der Waals surface area contributed by atoms with Crippen LogP contribution in [0.4, 0.5) is 5.82 Å². The Kier molecular flexibility index (Phi) is 4.19. The van der Waals surface area contributed by atoms with Crippen molar-refractivity contribution in [3.05, 3.63) is 22.9 Å². The molecule has 0 aliphatic carbocycles. The third-order valence-electron chi connectivity index (χ3n) is 3.48. The van der Waals surface area contributed by atoms with Gasteiger partial charge in [-0.2, -0.15) is 11.8 Å². The van der Waals surface area contributed by atoms with Gasteiger partial charge in [0.05, 0.1) is 5.56 Å². The second-order valence-electron chi connectivity index (χ2n) is 4.89. The third-order valence-corrected chi connectivity index (χ3v) is 4.62. The minimum Gasteiger partial charge on any atom is -0.409 e. The highest BCUT2D eigenvalue weighted by Gasteiger charge is 2.25. The summed E-state index contributed by atoms with van der Waals surface area (Å²) in [6.45, 7) is 3.92. The number of nitrogens with two attached hydrogens (primary N) is 1. The van der Waals surface area contributed by atoms with Crippen LogP contribution in [0, 0.1) is 13.8 Å². The molecule has 0 aromatic carbocycles. The lowest BCUT2D eigenvalue weighted by atomic mass is 10.1. The predicted molar refractivity (Wildman–Crippen MR) is 80.4 cm³/mol. The quantitative estimate of drug-likeness (QED) is 0.382. The molecule has 2 heterocycles. The van der Waals surface area contributed by atoms with E-state index in [0.717, 1.165) is 34.8 Å². The smallest absolute Gasteiger partial charge is 0.174 e. The Hall–Kier alpha value is -1.43. The molecular formula is C13H20N4OS. The second-order valence-corrected chi connectivity index (χ2v) is 6.04. The number of aromatic nitrogens is 1. The van der Waals surface area contributed by atoms with Crippen molar-refractivity contribution in [3.63, 3.8) is 0 Å². The molecule has 6 heteroatoms. The number of hydrogen-bond donors (Lipinski definition) is 2. The Morgan fingerprint density at radius 1 is 1.58 bits per heavy atom. The molecule has 104 valence electrons. The van der Waals surface area contributed by atoms with E-state index in [1.165, 1.54) is 5.75 Å². The van der Waals surface area contributed by atoms with Gasteiger partial charge in [0.15, 0.2) is 5.84 Å². The van der Waals surface area contributed by atoms with Crippen molar-refractivity contribution in [1.82, 2.24) is 4.98 Å². The van der Waals surface area contributed by atoms with Crippen molar-refractivity contribution >= 4 is 23.4 Å². The van der Waals surface area contributed by atoms with Gasteiger partial charge in [-0.3, -0.25) is 0 Å². The average molecular weight is 280 g/mol. The van der Waals surface area contributed by atoms with E-state index in [4.69, 9.17) is 10.9 Å². The standard InChI is InChI=1S/C13H20N4OS/c1-8-6-9(2)15-13(11(8)12(14)16-18)17(3)10-4-5-19-7-10/h6,10,18H,4-5,7H2,1-3H3,(H2,14,16). The number of anilines is 1. The van der Waals surface area contributed by atoms with Gasteiger partial charge in [-0.15, -0.1) is 0 Å². The number of amidine groups is 1. The molecule has 1 fully saturated rings. The molecule has 0 spiro atoms. The van der Waals surface area contributed by atoms with Crippen LogP contribution in [-0.2, 0) is 0 Å². The Labute approximate surface area is 117 Å². The highest BCUT2D eigenvalue weighted by molar-refractivity contribution is 7.99.